The van der Waals surface area contributed by atoms with Crippen LogP contribution in [-0.4, -0.2) is 27.9 Å². The Morgan fingerprint density at radius 2 is 1.70 bits per heavy atom. The van der Waals surface area contributed by atoms with E-state index in [4.69, 9.17) is 14.2 Å². The van der Waals surface area contributed by atoms with Crippen molar-refractivity contribution in [3.8, 4) is 0 Å². The molecule has 4 atom stereocenters. The van der Waals surface area contributed by atoms with Crippen molar-refractivity contribution < 1.29 is 14.2 Å². The first kappa shape index (κ1) is 21.8. The van der Waals surface area contributed by atoms with Crippen LogP contribution in [0.25, 0.3) is 0 Å². The van der Waals surface area contributed by atoms with Gasteiger partial charge in [0.25, 0.3) is 5.56 Å². The van der Waals surface area contributed by atoms with Gasteiger partial charge in [0.1, 0.15) is 11.8 Å². The molecule has 2 fully saturated rings. The molecular weight excluding hydrogens is 420 g/mol. The maximum atomic E-state index is 12.6. The number of ether oxygens (including phenoxy) is 3. The molecule has 2 bridgehead atoms. The summed E-state index contributed by atoms with van der Waals surface area (Å²) >= 11 is 0. The Morgan fingerprint density at radius 3 is 2.39 bits per heavy atom. The Balaban J connectivity index is 1.39. The number of benzene rings is 2. The number of H-pyrrole nitrogens is 1. The van der Waals surface area contributed by atoms with Crippen LogP contribution in [0.5, 0.6) is 0 Å². The summed E-state index contributed by atoms with van der Waals surface area (Å²) in [6.45, 7) is 2.98. The highest BCUT2D eigenvalue weighted by atomic mass is 16.6. The van der Waals surface area contributed by atoms with E-state index in [2.05, 4.69) is 4.98 Å². The van der Waals surface area contributed by atoms with E-state index in [1.165, 1.54) is 4.57 Å². The zero-order valence-corrected chi connectivity index (χ0v) is 18.6. The van der Waals surface area contributed by atoms with Gasteiger partial charge in [-0.3, -0.25) is 14.3 Å². The maximum Gasteiger partial charge on any atom is 0.330 e. The second-order valence-corrected chi connectivity index (χ2v) is 8.95. The number of nitrogens with one attached hydrogen (secondary N) is 1. The third-order valence-corrected chi connectivity index (χ3v) is 6.68. The number of aryl methyl sites for hydroxylation is 1. The molecule has 5 rings (SSSR count). The number of fused-ring (bicyclic) bond motifs is 2. The van der Waals surface area contributed by atoms with Crippen molar-refractivity contribution in [2.45, 2.75) is 50.9 Å². The second kappa shape index (κ2) is 9.09. The lowest BCUT2D eigenvalue weighted by molar-refractivity contribution is -0.162. The predicted molar refractivity (Wildman–Crippen MR) is 123 cm³/mol. The van der Waals surface area contributed by atoms with Crippen LogP contribution >= 0.6 is 0 Å². The SMILES string of the molecule is Cc1cn([C@@H]2O[C@@]3(COCc4ccccc4)CCC2[C@@H]3OCc2ccccc2)c(=O)[nH]c1=O. The van der Waals surface area contributed by atoms with E-state index in [0.29, 0.717) is 25.4 Å². The summed E-state index contributed by atoms with van der Waals surface area (Å²) < 4.78 is 20.6. The first-order chi connectivity index (χ1) is 16.1. The molecule has 0 spiro atoms. The van der Waals surface area contributed by atoms with Gasteiger partial charge < -0.3 is 14.2 Å². The van der Waals surface area contributed by atoms with Crippen LogP contribution in [0.2, 0.25) is 0 Å². The predicted octanol–water partition coefficient (Wildman–Crippen LogP) is 3.32. The van der Waals surface area contributed by atoms with Crippen molar-refractivity contribution in [2.24, 2.45) is 5.92 Å². The Labute approximate surface area is 191 Å². The van der Waals surface area contributed by atoms with E-state index in [1.807, 2.05) is 60.7 Å². The molecular formula is C26H28N2O5. The Bertz CT molecular complexity index is 1210. The summed E-state index contributed by atoms with van der Waals surface area (Å²) in [5.41, 5.74) is 1.15. The first-order valence-corrected chi connectivity index (χ1v) is 11.3. The van der Waals surface area contributed by atoms with Crippen molar-refractivity contribution in [1.82, 2.24) is 9.55 Å². The quantitative estimate of drug-likeness (QED) is 0.572. The van der Waals surface area contributed by atoms with E-state index in [-0.39, 0.29) is 17.6 Å². The number of aromatic nitrogens is 2. The molecule has 1 aliphatic carbocycles. The van der Waals surface area contributed by atoms with E-state index >= 15 is 0 Å². The van der Waals surface area contributed by atoms with Gasteiger partial charge in [0.05, 0.1) is 25.9 Å². The van der Waals surface area contributed by atoms with Crippen molar-refractivity contribution in [3.05, 3.63) is 104 Å². The highest BCUT2D eigenvalue weighted by Gasteiger charge is 2.61. The Hall–Kier alpha value is -3.00. The minimum atomic E-state index is -0.650. The normalized spacial score (nSPS) is 26.0. The van der Waals surface area contributed by atoms with E-state index in [0.717, 1.165) is 24.0 Å². The van der Waals surface area contributed by atoms with Gasteiger partial charge in [-0.25, -0.2) is 4.79 Å². The summed E-state index contributed by atoms with van der Waals surface area (Å²) in [4.78, 5) is 26.9. The fraction of sp³-hybridized carbons (Fsp3) is 0.385. The second-order valence-electron chi connectivity index (χ2n) is 8.95. The molecule has 0 radical (unpaired) electrons. The molecule has 2 aromatic carbocycles. The van der Waals surface area contributed by atoms with Gasteiger partial charge in [-0.1, -0.05) is 60.7 Å². The number of hydrogen-bond donors (Lipinski definition) is 1. The van der Waals surface area contributed by atoms with Gasteiger partial charge in [-0.05, 0) is 30.9 Å². The molecule has 1 saturated carbocycles. The molecule has 172 valence electrons. The summed E-state index contributed by atoms with van der Waals surface area (Å²) in [5.74, 6) is -0.0166. The Morgan fingerprint density at radius 1 is 1.03 bits per heavy atom. The van der Waals surface area contributed by atoms with Crippen molar-refractivity contribution >= 4 is 0 Å². The van der Waals surface area contributed by atoms with Gasteiger partial charge in [0.15, 0.2) is 0 Å². The van der Waals surface area contributed by atoms with Gasteiger partial charge in [0, 0.05) is 17.7 Å². The van der Waals surface area contributed by atoms with Gasteiger partial charge in [-0.2, -0.15) is 0 Å². The van der Waals surface area contributed by atoms with E-state index < -0.39 is 17.5 Å². The summed E-state index contributed by atoms with van der Waals surface area (Å²) in [7, 11) is 0. The monoisotopic (exact) mass is 448 g/mol. The lowest BCUT2D eigenvalue weighted by Crippen LogP contribution is -2.43. The first-order valence-electron chi connectivity index (χ1n) is 11.3. The molecule has 33 heavy (non-hydrogen) atoms. The van der Waals surface area contributed by atoms with Gasteiger partial charge >= 0.3 is 5.69 Å². The third kappa shape index (κ3) is 4.31. The zero-order chi connectivity index (χ0) is 22.8. The molecule has 2 heterocycles. The number of hydrogen-bond acceptors (Lipinski definition) is 5. The van der Waals surface area contributed by atoms with Crippen LogP contribution in [0.1, 0.15) is 35.8 Å². The molecule has 7 heteroatoms. The molecule has 1 aromatic heterocycles. The van der Waals surface area contributed by atoms with Crippen LogP contribution in [0.15, 0.2) is 76.4 Å². The van der Waals surface area contributed by atoms with Crippen molar-refractivity contribution in [2.75, 3.05) is 6.61 Å². The molecule has 3 aromatic rings. The average molecular weight is 449 g/mol. The van der Waals surface area contributed by atoms with Crippen LogP contribution in [0, 0.1) is 12.8 Å². The summed E-state index contributed by atoms with van der Waals surface area (Å²) in [6.07, 6.45) is 2.49. The van der Waals surface area contributed by atoms with Crippen molar-refractivity contribution in [1.29, 1.82) is 0 Å². The fourth-order valence-electron chi connectivity index (χ4n) is 5.02. The topological polar surface area (TPSA) is 82.6 Å². The van der Waals surface area contributed by atoms with E-state index in [9.17, 15) is 9.59 Å². The standard InChI is InChI=1S/C26H28N2O5/c1-18-14-28(25(30)27-23(18)29)24-21-12-13-26(33-24,17-31-15-19-8-4-2-5-9-19)22(21)32-16-20-10-6-3-7-11-20/h2-11,14,21-22,24H,12-13,15-17H2,1H3,(H,27,29,30)/t21?,22-,24+,26+/m0/s1. The maximum absolute atomic E-state index is 12.6. The molecule has 1 aliphatic heterocycles. The molecule has 1 N–H and O–H groups in total. The summed E-state index contributed by atoms with van der Waals surface area (Å²) in [6, 6.07) is 20.0. The van der Waals surface area contributed by atoms with Crippen LogP contribution in [-0.2, 0) is 27.4 Å². The highest BCUT2D eigenvalue weighted by Crippen LogP contribution is 2.54. The third-order valence-electron chi connectivity index (χ3n) is 6.68. The number of rotatable bonds is 8. The number of nitrogens with zero attached hydrogens (tertiary/aromatic N) is 1. The Kier molecular flexibility index (Phi) is 6.01. The summed E-state index contributed by atoms with van der Waals surface area (Å²) in [5, 5.41) is 0. The van der Waals surface area contributed by atoms with Crippen LogP contribution in [0.3, 0.4) is 0 Å². The van der Waals surface area contributed by atoms with Crippen LogP contribution in [0.4, 0.5) is 0 Å². The zero-order valence-electron chi connectivity index (χ0n) is 18.6. The molecule has 1 unspecified atom stereocenters. The lowest BCUT2D eigenvalue weighted by Gasteiger charge is -2.32. The van der Waals surface area contributed by atoms with Gasteiger partial charge in [-0.15, -0.1) is 0 Å². The largest absolute Gasteiger partial charge is 0.374 e. The number of aromatic amines is 1. The van der Waals surface area contributed by atoms with Crippen LogP contribution < -0.4 is 11.2 Å². The smallest absolute Gasteiger partial charge is 0.330 e. The molecule has 7 nitrogen and oxygen atoms in total. The fourth-order valence-corrected chi connectivity index (χ4v) is 5.02. The van der Waals surface area contributed by atoms with E-state index in [1.54, 1.807) is 13.1 Å². The minimum Gasteiger partial charge on any atom is -0.374 e. The van der Waals surface area contributed by atoms with Gasteiger partial charge in [0.2, 0.25) is 0 Å². The average Bonchev–Trinajstić information content (AvgIpc) is 3.33. The highest BCUT2D eigenvalue weighted by molar-refractivity contribution is 5.16. The molecule has 2 aliphatic rings. The molecule has 0 amide bonds. The van der Waals surface area contributed by atoms with Crippen molar-refractivity contribution in [3.63, 3.8) is 0 Å². The molecule has 1 saturated heterocycles. The lowest BCUT2D eigenvalue weighted by atomic mass is 9.99. The minimum absolute atomic E-state index is 0.0166.